The Morgan fingerprint density at radius 1 is 1.29 bits per heavy atom. The highest BCUT2D eigenvalue weighted by atomic mass is 35.5. The summed E-state index contributed by atoms with van der Waals surface area (Å²) in [6.45, 7) is 0. The molecule has 0 saturated carbocycles. The van der Waals surface area contributed by atoms with Gasteiger partial charge in [-0.15, -0.1) is 22.9 Å². The zero-order chi connectivity index (χ0) is 10.9. The zero-order valence-corrected chi connectivity index (χ0v) is 8.81. The van der Waals surface area contributed by atoms with E-state index >= 15 is 0 Å². The fourth-order valence-electron chi connectivity index (χ4n) is 0.765. The van der Waals surface area contributed by atoms with Gasteiger partial charge in [-0.1, -0.05) is 11.6 Å². The molecule has 0 aliphatic rings. The molecular formula is C7H4Cl2F4S. The second kappa shape index (κ2) is 4.24. The van der Waals surface area contributed by atoms with Gasteiger partial charge in [0, 0.05) is 4.88 Å². The summed E-state index contributed by atoms with van der Waals surface area (Å²) in [5.74, 6) is -4.24. The van der Waals surface area contributed by atoms with Crippen molar-refractivity contribution in [3.05, 3.63) is 21.3 Å². The molecule has 7 heteroatoms. The molecule has 14 heavy (non-hydrogen) atoms. The molecule has 0 bridgehead atoms. The van der Waals surface area contributed by atoms with Crippen molar-refractivity contribution in [2.75, 3.05) is 0 Å². The first-order chi connectivity index (χ1) is 6.35. The van der Waals surface area contributed by atoms with E-state index in [1.807, 2.05) is 0 Å². The molecule has 0 aliphatic carbocycles. The fourth-order valence-corrected chi connectivity index (χ4v) is 2.15. The largest absolute Gasteiger partial charge is 0.328 e. The number of rotatable bonds is 3. The van der Waals surface area contributed by atoms with Crippen LogP contribution in [-0.2, 0) is 0 Å². The summed E-state index contributed by atoms with van der Waals surface area (Å²) >= 11 is 11.4. The molecule has 0 fully saturated rings. The third-order valence-electron chi connectivity index (χ3n) is 1.47. The van der Waals surface area contributed by atoms with Gasteiger partial charge < -0.3 is 0 Å². The smallest absolute Gasteiger partial charge is 0.204 e. The molecule has 1 aromatic heterocycles. The van der Waals surface area contributed by atoms with Crippen LogP contribution in [0.2, 0.25) is 4.34 Å². The van der Waals surface area contributed by atoms with E-state index in [-0.39, 0.29) is 9.21 Å². The predicted octanol–water partition coefficient (Wildman–Crippen LogP) is 4.58. The van der Waals surface area contributed by atoms with Gasteiger partial charge in [0.05, 0.1) is 4.34 Å². The molecule has 1 heterocycles. The summed E-state index contributed by atoms with van der Waals surface area (Å²) in [6, 6.07) is 2.54. The van der Waals surface area contributed by atoms with Crippen LogP contribution in [0.4, 0.5) is 17.6 Å². The molecule has 1 rings (SSSR count). The van der Waals surface area contributed by atoms with Crippen molar-refractivity contribution < 1.29 is 17.6 Å². The molecular weight excluding hydrogens is 263 g/mol. The lowest BCUT2D eigenvalue weighted by Gasteiger charge is -2.19. The van der Waals surface area contributed by atoms with Crippen LogP contribution in [-0.4, -0.2) is 12.3 Å². The van der Waals surface area contributed by atoms with Crippen molar-refractivity contribution >= 4 is 34.5 Å². The summed E-state index contributed by atoms with van der Waals surface area (Å²) in [5.41, 5.74) is 0. The summed E-state index contributed by atoms with van der Waals surface area (Å²) < 4.78 is 49.5. The molecule has 0 saturated heterocycles. The summed E-state index contributed by atoms with van der Waals surface area (Å²) in [4.78, 5) is -0.0676. The average Bonchev–Trinajstić information content (AvgIpc) is 2.50. The van der Waals surface area contributed by atoms with Gasteiger partial charge in [-0.05, 0) is 12.1 Å². The predicted molar refractivity (Wildman–Crippen MR) is 48.9 cm³/mol. The van der Waals surface area contributed by atoms with Gasteiger partial charge in [0.2, 0.25) is 0 Å². The van der Waals surface area contributed by atoms with Crippen LogP contribution in [0.25, 0.3) is 0 Å². The van der Waals surface area contributed by atoms with Crippen LogP contribution in [0.1, 0.15) is 10.3 Å². The number of hydrogen-bond donors (Lipinski definition) is 0. The van der Waals surface area contributed by atoms with Gasteiger partial charge in [0.15, 0.2) is 0 Å². The molecule has 1 unspecified atom stereocenters. The maximum absolute atomic E-state index is 12.7. The highest BCUT2D eigenvalue weighted by molar-refractivity contribution is 7.16. The minimum Gasteiger partial charge on any atom is -0.204 e. The van der Waals surface area contributed by atoms with Gasteiger partial charge in [-0.3, -0.25) is 0 Å². The molecule has 0 amide bonds. The molecule has 0 aliphatic heterocycles. The first kappa shape index (κ1) is 12.1. The van der Waals surface area contributed by atoms with Crippen LogP contribution < -0.4 is 0 Å². The van der Waals surface area contributed by atoms with Gasteiger partial charge in [0.1, 0.15) is 5.38 Å². The van der Waals surface area contributed by atoms with E-state index in [9.17, 15) is 17.6 Å². The van der Waals surface area contributed by atoms with Crippen LogP contribution in [0.3, 0.4) is 0 Å². The summed E-state index contributed by atoms with van der Waals surface area (Å²) in [6.07, 6.45) is -3.79. The first-order valence-corrected chi connectivity index (χ1v) is 5.04. The quantitative estimate of drug-likeness (QED) is 0.555. The Kier molecular flexibility index (Phi) is 3.66. The standard InChI is InChI=1S/C7H4Cl2F4S/c8-4-2-1-3(14-4)5(9)7(12,13)6(10)11/h1-2,5-6H. The van der Waals surface area contributed by atoms with Crippen molar-refractivity contribution in [3.8, 4) is 0 Å². The monoisotopic (exact) mass is 266 g/mol. The van der Waals surface area contributed by atoms with Crippen molar-refractivity contribution in [2.45, 2.75) is 17.7 Å². The highest BCUT2D eigenvalue weighted by Gasteiger charge is 2.49. The Morgan fingerprint density at radius 3 is 2.21 bits per heavy atom. The van der Waals surface area contributed by atoms with Crippen LogP contribution >= 0.6 is 34.5 Å². The van der Waals surface area contributed by atoms with Crippen LogP contribution in [0, 0.1) is 0 Å². The minimum atomic E-state index is -4.24. The van der Waals surface area contributed by atoms with E-state index in [0.29, 0.717) is 0 Å². The molecule has 0 radical (unpaired) electrons. The zero-order valence-electron chi connectivity index (χ0n) is 6.49. The Morgan fingerprint density at radius 2 is 1.86 bits per heavy atom. The molecule has 80 valence electrons. The number of alkyl halides is 5. The highest BCUT2D eigenvalue weighted by Crippen LogP contribution is 2.44. The number of hydrogen-bond acceptors (Lipinski definition) is 1. The maximum Gasteiger partial charge on any atom is 0.328 e. The molecule has 0 N–H and O–H groups in total. The third-order valence-corrected chi connectivity index (χ3v) is 3.42. The number of thiophene rings is 1. The van der Waals surface area contributed by atoms with Crippen molar-refractivity contribution in [1.82, 2.24) is 0 Å². The Balaban J connectivity index is 2.89. The van der Waals surface area contributed by atoms with Gasteiger partial charge >= 0.3 is 12.3 Å². The second-order valence-electron chi connectivity index (χ2n) is 2.48. The molecule has 1 aromatic rings. The topological polar surface area (TPSA) is 0 Å². The minimum absolute atomic E-state index is 0.0676. The van der Waals surface area contributed by atoms with Crippen molar-refractivity contribution in [2.24, 2.45) is 0 Å². The first-order valence-electron chi connectivity index (χ1n) is 3.41. The Bertz CT molecular complexity index is 312. The third kappa shape index (κ3) is 2.32. The van der Waals surface area contributed by atoms with E-state index in [4.69, 9.17) is 23.2 Å². The lowest BCUT2D eigenvalue weighted by molar-refractivity contribution is -0.130. The Labute approximate surface area is 91.4 Å². The Hall–Kier alpha value is -0.0000000000000000278. The fraction of sp³-hybridized carbons (Fsp3) is 0.429. The number of halogens is 6. The van der Waals surface area contributed by atoms with E-state index in [1.165, 1.54) is 12.1 Å². The van der Waals surface area contributed by atoms with Gasteiger partial charge in [0.25, 0.3) is 0 Å². The summed E-state index contributed by atoms with van der Waals surface area (Å²) in [5, 5.41) is -2.04. The van der Waals surface area contributed by atoms with E-state index < -0.39 is 17.7 Å². The lowest BCUT2D eigenvalue weighted by Crippen LogP contribution is -2.31. The van der Waals surface area contributed by atoms with Crippen molar-refractivity contribution in [1.29, 1.82) is 0 Å². The van der Waals surface area contributed by atoms with Crippen LogP contribution in [0.5, 0.6) is 0 Å². The molecule has 0 aromatic carbocycles. The SMILES string of the molecule is FC(F)C(F)(F)C(Cl)c1ccc(Cl)s1. The maximum atomic E-state index is 12.7. The molecule has 0 spiro atoms. The normalized spacial score (nSPS) is 14.8. The van der Waals surface area contributed by atoms with E-state index in [2.05, 4.69) is 0 Å². The van der Waals surface area contributed by atoms with Gasteiger partial charge in [-0.2, -0.15) is 8.78 Å². The summed E-state index contributed by atoms with van der Waals surface area (Å²) in [7, 11) is 0. The lowest BCUT2D eigenvalue weighted by atomic mass is 10.2. The molecule has 0 nitrogen and oxygen atoms in total. The van der Waals surface area contributed by atoms with Crippen LogP contribution in [0.15, 0.2) is 12.1 Å². The average molecular weight is 267 g/mol. The van der Waals surface area contributed by atoms with Gasteiger partial charge in [-0.25, -0.2) is 8.78 Å². The second-order valence-corrected chi connectivity index (χ2v) is 4.66. The van der Waals surface area contributed by atoms with E-state index in [1.54, 1.807) is 0 Å². The van der Waals surface area contributed by atoms with E-state index in [0.717, 1.165) is 11.3 Å². The van der Waals surface area contributed by atoms with Crippen molar-refractivity contribution in [3.63, 3.8) is 0 Å². The molecule has 1 atom stereocenters.